The first kappa shape index (κ1) is 23.7. The molecule has 1 aromatic heterocycles. The fourth-order valence-electron chi connectivity index (χ4n) is 3.46. The Morgan fingerprint density at radius 3 is 2.68 bits per heavy atom. The van der Waals surface area contributed by atoms with Gasteiger partial charge in [-0.15, -0.1) is 0 Å². The number of rotatable bonds is 9. The Balaban J connectivity index is 1.46. The molecule has 1 amide bonds. The number of hydrogen-bond donors (Lipinski definition) is 1. The number of aromatic nitrogens is 2. The lowest BCUT2D eigenvalue weighted by molar-refractivity contribution is -0.118. The summed E-state index contributed by atoms with van der Waals surface area (Å²) in [7, 11) is 3.12. The maximum atomic E-state index is 12.5. The molecule has 4 aromatic rings. The quantitative estimate of drug-likeness (QED) is 0.201. The van der Waals surface area contributed by atoms with Crippen LogP contribution in [-0.2, 0) is 11.3 Å². The van der Waals surface area contributed by atoms with Gasteiger partial charge < -0.3 is 14.0 Å². The molecule has 0 bridgehead atoms. The molecule has 0 saturated carbocycles. The number of amides is 1. The molecule has 1 N–H and O–H groups in total. The fourth-order valence-corrected chi connectivity index (χ4v) is 4.47. The lowest BCUT2D eigenvalue weighted by Gasteiger charge is -2.10. The molecule has 174 valence electrons. The van der Waals surface area contributed by atoms with E-state index in [1.807, 2.05) is 60.7 Å². The van der Waals surface area contributed by atoms with Crippen molar-refractivity contribution in [3.63, 3.8) is 0 Å². The van der Waals surface area contributed by atoms with E-state index in [0.29, 0.717) is 28.6 Å². The van der Waals surface area contributed by atoms with Crippen LogP contribution in [0.5, 0.6) is 11.5 Å². The number of para-hydroxylation sites is 3. The predicted octanol–water partition coefficient (Wildman–Crippen LogP) is 5.00. The van der Waals surface area contributed by atoms with Crippen molar-refractivity contribution in [1.29, 1.82) is 0 Å². The molecule has 0 radical (unpaired) electrons. The molecule has 0 saturated heterocycles. The number of nitrogens with zero attached hydrogens (tertiary/aromatic N) is 3. The van der Waals surface area contributed by atoms with Gasteiger partial charge in [-0.1, -0.05) is 59.8 Å². The third-order valence-electron chi connectivity index (χ3n) is 5.06. The molecular weight excluding hydrogens is 472 g/mol. The Bertz CT molecular complexity index is 1340. The predicted molar refractivity (Wildman–Crippen MR) is 136 cm³/mol. The van der Waals surface area contributed by atoms with E-state index in [0.717, 1.165) is 21.8 Å². The van der Waals surface area contributed by atoms with Crippen molar-refractivity contribution in [2.45, 2.75) is 11.7 Å². The van der Waals surface area contributed by atoms with Crippen LogP contribution in [0.4, 0.5) is 0 Å². The van der Waals surface area contributed by atoms with Crippen LogP contribution >= 0.6 is 23.4 Å². The average molecular weight is 495 g/mol. The zero-order chi connectivity index (χ0) is 23.9. The van der Waals surface area contributed by atoms with Crippen LogP contribution in [0.3, 0.4) is 0 Å². The number of ether oxygens (including phenoxy) is 2. The Kier molecular flexibility index (Phi) is 7.72. The number of thioether (sulfide) groups is 1. The van der Waals surface area contributed by atoms with E-state index in [2.05, 4.69) is 15.1 Å². The maximum Gasteiger partial charge on any atom is 0.250 e. The number of hydrazone groups is 1. The van der Waals surface area contributed by atoms with Crippen molar-refractivity contribution >= 4 is 46.5 Å². The maximum absolute atomic E-state index is 12.5. The molecule has 0 fully saturated rings. The highest BCUT2D eigenvalue weighted by molar-refractivity contribution is 7.99. The molecule has 4 rings (SSSR count). The van der Waals surface area contributed by atoms with E-state index in [4.69, 9.17) is 26.1 Å². The van der Waals surface area contributed by atoms with E-state index in [9.17, 15) is 4.79 Å². The van der Waals surface area contributed by atoms with Gasteiger partial charge in [0.25, 0.3) is 5.91 Å². The summed E-state index contributed by atoms with van der Waals surface area (Å²) in [6.45, 7) is 0.553. The molecule has 0 aliphatic heterocycles. The summed E-state index contributed by atoms with van der Waals surface area (Å²) in [4.78, 5) is 17.2. The van der Waals surface area contributed by atoms with Crippen LogP contribution in [0.2, 0.25) is 5.02 Å². The Morgan fingerprint density at radius 1 is 1.09 bits per heavy atom. The Hall–Kier alpha value is -3.49. The van der Waals surface area contributed by atoms with E-state index in [1.54, 1.807) is 20.3 Å². The normalized spacial score (nSPS) is 11.1. The van der Waals surface area contributed by atoms with Gasteiger partial charge in [-0.3, -0.25) is 4.79 Å². The molecule has 0 unspecified atom stereocenters. The standard InChI is InChI=1S/C25H23ClN4O3S/c1-32-22-13-7-9-17(24(22)33-2)14-27-29-23(31)16-34-25-28-20-11-5-6-12-21(20)30(25)15-18-8-3-4-10-19(18)26/h3-14H,15-16H2,1-2H3,(H,29,31). The van der Waals surface area contributed by atoms with Crippen LogP contribution in [-0.4, -0.2) is 41.6 Å². The van der Waals surface area contributed by atoms with Crippen LogP contribution < -0.4 is 14.9 Å². The van der Waals surface area contributed by atoms with Crippen molar-refractivity contribution in [2.75, 3.05) is 20.0 Å². The third-order valence-corrected chi connectivity index (χ3v) is 6.41. The summed E-state index contributed by atoms with van der Waals surface area (Å²) in [6.07, 6.45) is 1.52. The van der Waals surface area contributed by atoms with E-state index in [1.165, 1.54) is 18.0 Å². The summed E-state index contributed by atoms with van der Waals surface area (Å²) in [5.41, 5.74) is 6.07. The topological polar surface area (TPSA) is 77.7 Å². The molecular formula is C25H23ClN4O3S. The lowest BCUT2D eigenvalue weighted by Crippen LogP contribution is -2.20. The second-order valence-electron chi connectivity index (χ2n) is 7.23. The van der Waals surface area contributed by atoms with Gasteiger partial charge in [0.15, 0.2) is 16.7 Å². The van der Waals surface area contributed by atoms with E-state index in [-0.39, 0.29) is 11.7 Å². The Labute approximate surface area is 206 Å². The molecule has 0 spiro atoms. The molecule has 9 heteroatoms. The van der Waals surface area contributed by atoms with E-state index >= 15 is 0 Å². The minimum atomic E-state index is -0.250. The van der Waals surface area contributed by atoms with Crippen molar-refractivity contribution in [1.82, 2.24) is 15.0 Å². The number of carbonyl (C=O) groups is 1. The zero-order valence-corrected chi connectivity index (χ0v) is 20.3. The highest BCUT2D eigenvalue weighted by atomic mass is 35.5. The van der Waals surface area contributed by atoms with Crippen molar-refractivity contribution < 1.29 is 14.3 Å². The average Bonchev–Trinajstić information content (AvgIpc) is 3.21. The number of methoxy groups -OCH3 is 2. The molecule has 7 nitrogen and oxygen atoms in total. The smallest absolute Gasteiger partial charge is 0.250 e. The van der Waals surface area contributed by atoms with Gasteiger partial charge in [0.05, 0.1) is 43.8 Å². The zero-order valence-electron chi connectivity index (χ0n) is 18.7. The van der Waals surface area contributed by atoms with Gasteiger partial charge in [-0.2, -0.15) is 5.10 Å². The Morgan fingerprint density at radius 2 is 1.88 bits per heavy atom. The number of imidazole rings is 1. The van der Waals surface area contributed by atoms with Gasteiger partial charge in [-0.05, 0) is 35.9 Å². The molecule has 0 aliphatic rings. The van der Waals surface area contributed by atoms with Crippen molar-refractivity contribution in [3.8, 4) is 11.5 Å². The summed E-state index contributed by atoms with van der Waals surface area (Å²) < 4.78 is 12.7. The second-order valence-corrected chi connectivity index (χ2v) is 8.57. The van der Waals surface area contributed by atoms with Crippen LogP contribution in [0, 0.1) is 0 Å². The first-order valence-electron chi connectivity index (χ1n) is 10.4. The minimum Gasteiger partial charge on any atom is -0.493 e. The SMILES string of the molecule is COc1cccc(C=NNC(=O)CSc2nc3ccccc3n2Cc2ccccc2Cl)c1OC. The summed E-state index contributed by atoms with van der Waals surface area (Å²) >= 11 is 7.73. The number of nitrogens with one attached hydrogen (secondary N) is 1. The highest BCUT2D eigenvalue weighted by Gasteiger charge is 2.14. The minimum absolute atomic E-state index is 0.151. The summed E-state index contributed by atoms with van der Waals surface area (Å²) in [5, 5.41) is 5.49. The van der Waals surface area contributed by atoms with Gasteiger partial charge >= 0.3 is 0 Å². The van der Waals surface area contributed by atoms with Gasteiger partial charge in [0, 0.05) is 10.6 Å². The summed E-state index contributed by atoms with van der Waals surface area (Å²) in [6, 6.07) is 21.0. The number of carbonyl (C=O) groups excluding carboxylic acids is 1. The first-order chi connectivity index (χ1) is 16.6. The van der Waals surface area contributed by atoms with Gasteiger partial charge in [0.2, 0.25) is 0 Å². The molecule has 0 atom stereocenters. The summed E-state index contributed by atoms with van der Waals surface area (Å²) in [5.74, 6) is 1.04. The molecule has 1 heterocycles. The second kappa shape index (κ2) is 11.1. The van der Waals surface area contributed by atoms with Gasteiger partial charge in [-0.25, -0.2) is 10.4 Å². The van der Waals surface area contributed by atoms with Gasteiger partial charge in [0.1, 0.15) is 0 Å². The third kappa shape index (κ3) is 5.35. The molecule has 0 aliphatic carbocycles. The largest absolute Gasteiger partial charge is 0.493 e. The monoisotopic (exact) mass is 494 g/mol. The fraction of sp³-hybridized carbons (Fsp3) is 0.160. The van der Waals surface area contributed by atoms with Crippen LogP contribution in [0.25, 0.3) is 11.0 Å². The number of fused-ring (bicyclic) bond motifs is 1. The first-order valence-corrected chi connectivity index (χ1v) is 11.8. The number of benzene rings is 3. The lowest BCUT2D eigenvalue weighted by atomic mass is 10.2. The number of halogens is 1. The van der Waals surface area contributed by atoms with Crippen molar-refractivity contribution in [2.24, 2.45) is 5.10 Å². The molecule has 34 heavy (non-hydrogen) atoms. The number of hydrogen-bond acceptors (Lipinski definition) is 6. The van der Waals surface area contributed by atoms with E-state index < -0.39 is 0 Å². The van der Waals surface area contributed by atoms with Crippen LogP contribution in [0.1, 0.15) is 11.1 Å². The van der Waals surface area contributed by atoms with Crippen LogP contribution in [0.15, 0.2) is 77.0 Å². The highest BCUT2D eigenvalue weighted by Crippen LogP contribution is 2.29. The van der Waals surface area contributed by atoms with Crippen molar-refractivity contribution in [3.05, 3.63) is 82.9 Å². The molecule has 3 aromatic carbocycles.